The number of benzene rings is 1. The first kappa shape index (κ1) is 13.8. The Morgan fingerprint density at radius 2 is 2.17 bits per heavy atom. The quantitative estimate of drug-likeness (QED) is 0.906. The molecule has 0 radical (unpaired) electrons. The van der Waals surface area contributed by atoms with Crippen molar-refractivity contribution in [3.63, 3.8) is 0 Å². The van der Waals surface area contributed by atoms with E-state index in [1.165, 1.54) is 18.4 Å². The molecule has 0 saturated heterocycles. The predicted molar refractivity (Wildman–Crippen MR) is 76.0 cm³/mol. The molecule has 1 aliphatic carbocycles. The number of ether oxygens (including phenoxy) is 2. The van der Waals surface area contributed by atoms with Crippen LogP contribution in [0.4, 0.5) is 0 Å². The van der Waals surface area contributed by atoms with Crippen molar-refractivity contribution in [3.05, 3.63) is 28.2 Å². The summed E-state index contributed by atoms with van der Waals surface area (Å²) < 4.78 is 11.6. The first-order chi connectivity index (χ1) is 8.72. The molecule has 2 rings (SSSR count). The van der Waals surface area contributed by atoms with Crippen molar-refractivity contribution in [3.8, 4) is 5.75 Å². The van der Waals surface area contributed by atoms with Crippen molar-refractivity contribution >= 4 is 15.9 Å². The van der Waals surface area contributed by atoms with Crippen LogP contribution in [0, 0.1) is 0 Å². The Kier molecular flexibility index (Phi) is 5.03. The van der Waals surface area contributed by atoms with Gasteiger partial charge in [-0.25, -0.2) is 0 Å². The molecule has 0 bridgehead atoms. The van der Waals surface area contributed by atoms with Gasteiger partial charge in [0, 0.05) is 19.7 Å². The molecule has 100 valence electrons. The van der Waals surface area contributed by atoms with Crippen LogP contribution >= 0.6 is 15.9 Å². The third kappa shape index (κ3) is 3.46. The topological polar surface area (TPSA) is 30.5 Å². The second-order valence-electron chi connectivity index (χ2n) is 4.72. The van der Waals surface area contributed by atoms with Crippen LogP contribution < -0.4 is 10.1 Å². The van der Waals surface area contributed by atoms with Gasteiger partial charge in [0.15, 0.2) is 0 Å². The third-order valence-corrected chi connectivity index (χ3v) is 4.15. The molecule has 1 aliphatic rings. The fourth-order valence-electron chi connectivity index (χ4n) is 2.42. The molecule has 2 atom stereocenters. The smallest absolute Gasteiger partial charge is 0.133 e. The number of hydrogen-bond acceptors (Lipinski definition) is 3. The molecule has 4 heteroatoms. The second kappa shape index (κ2) is 6.55. The summed E-state index contributed by atoms with van der Waals surface area (Å²) in [5.41, 5.74) is 1.27. The molecule has 1 N–H and O–H groups in total. The predicted octanol–water partition coefficient (Wildman–Crippen LogP) is 3.11. The van der Waals surface area contributed by atoms with Gasteiger partial charge in [-0.05, 0) is 52.9 Å². The Morgan fingerprint density at radius 1 is 1.33 bits per heavy atom. The van der Waals surface area contributed by atoms with E-state index in [9.17, 15) is 0 Å². The van der Waals surface area contributed by atoms with Crippen LogP contribution in [0.3, 0.4) is 0 Å². The van der Waals surface area contributed by atoms with Crippen LogP contribution in [-0.4, -0.2) is 26.4 Å². The third-order valence-electron chi connectivity index (χ3n) is 3.53. The van der Waals surface area contributed by atoms with Crippen molar-refractivity contribution in [1.82, 2.24) is 5.32 Å². The summed E-state index contributed by atoms with van der Waals surface area (Å²) in [4.78, 5) is 0. The highest BCUT2D eigenvalue weighted by molar-refractivity contribution is 9.10. The monoisotopic (exact) mass is 313 g/mol. The molecule has 1 aromatic rings. The van der Waals surface area contributed by atoms with E-state index in [0.717, 1.165) is 23.2 Å². The Morgan fingerprint density at radius 3 is 2.78 bits per heavy atom. The van der Waals surface area contributed by atoms with Crippen LogP contribution in [0.5, 0.6) is 5.75 Å². The van der Waals surface area contributed by atoms with Crippen molar-refractivity contribution in [2.75, 3.05) is 14.2 Å². The SMILES string of the molecule is COc1ccc(CNC2CCC(OC)C2)cc1Br. The fraction of sp³-hybridized carbons (Fsp3) is 0.571. The zero-order chi connectivity index (χ0) is 13.0. The molecule has 0 spiro atoms. The minimum Gasteiger partial charge on any atom is -0.496 e. The number of rotatable bonds is 5. The molecule has 0 heterocycles. The van der Waals surface area contributed by atoms with Crippen molar-refractivity contribution in [1.29, 1.82) is 0 Å². The Bertz CT molecular complexity index is 397. The first-order valence-electron chi connectivity index (χ1n) is 6.31. The van der Waals surface area contributed by atoms with Crippen LogP contribution in [0.2, 0.25) is 0 Å². The van der Waals surface area contributed by atoms with Gasteiger partial charge in [-0.3, -0.25) is 0 Å². The van der Waals surface area contributed by atoms with E-state index in [0.29, 0.717) is 12.1 Å². The van der Waals surface area contributed by atoms with E-state index in [4.69, 9.17) is 9.47 Å². The summed E-state index contributed by atoms with van der Waals surface area (Å²) in [7, 11) is 3.48. The minimum absolute atomic E-state index is 0.435. The second-order valence-corrected chi connectivity index (χ2v) is 5.57. The molecule has 1 saturated carbocycles. The zero-order valence-electron chi connectivity index (χ0n) is 10.9. The first-order valence-corrected chi connectivity index (χ1v) is 7.11. The molecular formula is C14H20BrNO2. The molecule has 0 aromatic heterocycles. The Hall–Kier alpha value is -0.580. The number of methoxy groups -OCH3 is 2. The van der Waals surface area contributed by atoms with Crippen LogP contribution in [0.1, 0.15) is 24.8 Å². The van der Waals surface area contributed by atoms with Gasteiger partial charge in [-0.2, -0.15) is 0 Å². The van der Waals surface area contributed by atoms with Crippen LogP contribution in [-0.2, 0) is 11.3 Å². The Labute approximate surface area is 117 Å². The maximum absolute atomic E-state index is 5.38. The molecule has 1 aromatic carbocycles. The van der Waals surface area contributed by atoms with E-state index in [1.54, 1.807) is 14.2 Å². The van der Waals surface area contributed by atoms with Crippen LogP contribution in [0.15, 0.2) is 22.7 Å². The van der Waals surface area contributed by atoms with Gasteiger partial charge in [-0.15, -0.1) is 0 Å². The standard InChI is InChI=1S/C14H20BrNO2/c1-17-12-5-4-11(8-12)16-9-10-3-6-14(18-2)13(15)7-10/h3,6-7,11-12,16H,4-5,8-9H2,1-2H3. The fourth-order valence-corrected chi connectivity index (χ4v) is 3.01. The molecule has 3 nitrogen and oxygen atoms in total. The van der Waals surface area contributed by atoms with E-state index in [2.05, 4.69) is 33.4 Å². The highest BCUT2D eigenvalue weighted by Gasteiger charge is 2.23. The van der Waals surface area contributed by atoms with E-state index >= 15 is 0 Å². The summed E-state index contributed by atoms with van der Waals surface area (Å²) in [6, 6.07) is 6.78. The lowest BCUT2D eigenvalue weighted by atomic mass is 10.2. The van der Waals surface area contributed by atoms with Gasteiger partial charge in [-0.1, -0.05) is 6.07 Å². The van der Waals surface area contributed by atoms with Gasteiger partial charge in [0.2, 0.25) is 0 Å². The number of nitrogens with one attached hydrogen (secondary N) is 1. The van der Waals surface area contributed by atoms with Crippen molar-refractivity contribution in [2.24, 2.45) is 0 Å². The number of halogens is 1. The van der Waals surface area contributed by atoms with Gasteiger partial charge in [0.05, 0.1) is 17.7 Å². The maximum Gasteiger partial charge on any atom is 0.133 e. The maximum atomic E-state index is 5.38. The lowest BCUT2D eigenvalue weighted by Gasteiger charge is -2.13. The van der Waals surface area contributed by atoms with Crippen LogP contribution in [0.25, 0.3) is 0 Å². The summed E-state index contributed by atoms with van der Waals surface area (Å²) in [6.45, 7) is 0.893. The van der Waals surface area contributed by atoms with E-state index in [-0.39, 0.29) is 0 Å². The molecule has 1 fully saturated rings. The highest BCUT2D eigenvalue weighted by Crippen LogP contribution is 2.26. The molecular weight excluding hydrogens is 294 g/mol. The summed E-state index contributed by atoms with van der Waals surface area (Å²) in [5, 5.41) is 3.59. The molecule has 0 amide bonds. The zero-order valence-corrected chi connectivity index (χ0v) is 12.5. The van der Waals surface area contributed by atoms with Gasteiger partial charge in [0.1, 0.15) is 5.75 Å². The summed E-state index contributed by atoms with van der Waals surface area (Å²) in [6.07, 6.45) is 3.93. The number of hydrogen-bond donors (Lipinski definition) is 1. The highest BCUT2D eigenvalue weighted by atomic mass is 79.9. The summed E-state index contributed by atoms with van der Waals surface area (Å²) in [5.74, 6) is 0.874. The molecule has 2 unspecified atom stereocenters. The molecule has 0 aliphatic heterocycles. The summed E-state index contributed by atoms with van der Waals surface area (Å²) >= 11 is 3.51. The largest absolute Gasteiger partial charge is 0.496 e. The van der Waals surface area contributed by atoms with E-state index in [1.807, 2.05) is 6.07 Å². The minimum atomic E-state index is 0.435. The van der Waals surface area contributed by atoms with Crippen molar-refractivity contribution < 1.29 is 9.47 Å². The normalized spacial score (nSPS) is 23.3. The van der Waals surface area contributed by atoms with Gasteiger partial charge >= 0.3 is 0 Å². The average Bonchev–Trinajstić information content (AvgIpc) is 2.84. The average molecular weight is 314 g/mol. The lowest BCUT2D eigenvalue weighted by Crippen LogP contribution is -2.26. The van der Waals surface area contributed by atoms with Gasteiger partial charge < -0.3 is 14.8 Å². The Balaban J connectivity index is 1.85. The lowest BCUT2D eigenvalue weighted by molar-refractivity contribution is 0.107. The van der Waals surface area contributed by atoms with Gasteiger partial charge in [0.25, 0.3) is 0 Å². The van der Waals surface area contributed by atoms with E-state index < -0.39 is 0 Å². The molecule has 18 heavy (non-hydrogen) atoms. The van der Waals surface area contributed by atoms with Crippen molar-refractivity contribution in [2.45, 2.75) is 38.0 Å².